The van der Waals surface area contributed by atoms with Crippen molar-refractivity contribution >= 4 is 80.4 Å². The summed E-state index contributed by atoms with van der Waals surface area (Å²) in [5, 5.41) is 22.3. The SMILES string of the molecule is N#CC1=C(N)N(c2nnc(SCC(=O)Nc3cc(Cl)c(Cl)cc3Cl)s2)C2=C(C(=O)CCC2)C1c1ccc(F)cc1. The highest BCUT2D eigenvalue weighted by Crippen LogP contribution is 2.47. The quantitative estimate of drug-likeness (QED) is 0.227. The van der Waals surface area contributed by atoms with Gasteiger partial charge in [-0.2, -0.15) is 5.26 Å². The third kappa shape index (κ3) is 5.55. The molecule has 1 aromatic heterocycles. The number of allylic oxidation sites excluding steroid dienone is 3. The lowest BCUT2D eigenvalue weighted by Gasteiger charge is -2.38. The van der Waals surface area contributed by atoms with E-state index < -0.39 is 11.7 Å². The first-order valence-corrected chi connectivity index (χ1v) is 14.7. The predicted octanol–water partition coefficient (Wildman–Crippen LogP) is 6.67. The summed E-state index contributed by atoms with van der Waals surface area (Å²) in [6.07, 6.45) is 1.47. The molecule has 2 aromatic carbocycles. The number of thioether (sulfide) groups is 1. The average Bonchev–Trinajstić information content (AvgIpc) is 3.39. The maximum Gasteiger partial charge on any atom is 0.234 e. The Labute approximate surface area is 251 Å². The zero-order chi connectivity index (χ0) is 28.6. The highest BCUT2D eigenvalue weighted by atomic mass is 35.5. The Bertz CT molecular complexity index is 1630. The molecule has 0 radical (unpaired) electrons. The second kappa shape index (κ2) is 11.8. The van der Waals surface area contributed by atoms with E-state index in [1.54, 1.807) is 17.0 Å². The largest absolute Gasteiger partial charge is 0.384 e. The van der Waals surface area contributed by atoms with Crippen molar-refractivity contribution in [3.05, 3.63) is 85.5 Å². The number of nitrogens with two attached hydrogens (primary N) is 1. The van der Waals surface area contributed by atoms with Crippen molar-refractivity contribution in [3.8, 4) is 6.07 Å². The van der Waals surface area contributed by atoms with E-state index in [2.05, 4.69) is 21.6 Å². The number of carbonyl (C=O) groups is 2. The lowest BCUT2D eigenvalue weighted by molar-refractivity contribution is -0.116. The standard InChI is InChI=1S/C26H18Cl3FN6O2S2/c27-15-8-17(29)18(9-16(15)28)33-21(38)11-39-26-35-34-25(40-26)36-19-2-1-3-20(37)23(19)22(14(10-31)24(36)32)12-4-6-13(30)7-5-12/h4-9,22H,1-3,11,32H2,(H,33,38). The molecule has 0 spiro atoms. The lowest BCUT2D eigenvalue weighted by atomic mass is 9.76. The number of Topliss-reactive ketones (excluding diaryl/α,β-unsaturated/α-hetero) is 1. The molecule has 0 bridgehead atoms. The van der Waals surface area contributed by atoms with Gasteiger partial charge in [-0.25, -0.2) is 4.39 Å². The first-order valence-electron chi connectivity index (χ1n) is 11.8. The van der Waals surface area contributed by atoms with Crippen LogP contribution in [0.1, 0.15) is 30.7 Å². The highest BCUT2D eigenvalue weighted by Gasteiger charge is 2.41. The van der Waals surface area contributed by atoms with Crippen LogP contribution in [0.3, 0.4) is 0 Å². The molecule has 14 heteroatoms. The number of ketones is 1. The Hall–Kier alpha value is -3.14. The normalized spacial score (nSPS) is 17.1. The summed E-state index contributed by atoms with van der Waals surface area (Å²) in [4.78, 5) is 27.3. The fourth-order valence-corrected chi connectivity index (χ4v) is 6.85. The van der Waals surface area contributed by atoms with Gasteiger partial charge in [0, 0.05) is 17.7 Å². The number of nitrogens with zero attached hydrogens (tertiary/aromatic N) is 4. The molecule has 2 aliphatic rings. The minimum absolute atomic E-state index is 0.000945. The third-order valence-electron chi connectivity index (χ3n) is 6.31. The van der Waals surface area contributed by atoms with Crippen molar-refractivity contribution in [2.45, 2.75) is 29.5 Å². The number of carbonyl (C=O) groups excluding carboxylic acids is 2. The van der Waals surface area contributed by atoms with Crippen LogP contribution in [0.5, 0.6) is 0 Å². The Morgan fingerprint density at radius 3 is 2.62 bits per heavy atom. The maximum atomic E-state index is 13.6. The molecule has 1 atom stereocenters. The fraction of sp³-hybridized carbons (Fsp3) is 0.192. The summed E-state index contributed by atoms with van der Waals surface area (Å²) in [5.41, 5.74) is 8.72. The van der Waals surface area contributed by atoms with Gasteiger partial charge in [0.25, 0.3) is 0 Å². The number of halogens is 4. The van der Waals surface area contributed by atoms with Crippen LogP contribution in [0.2, 0.25) is 15.1 Å². The third-order valence-corrected chi connectivity index (χ3v) is 9.39. The number of rotatable bonds is 6. The molecule has 1 aliphatic carbocycles. The van der Waals surface area contributed by atoms with Gasteiger partial charge >= 0.3 is 0 Å². The van der Waals surface area contributed by atoms with Crippen LogP contribution in [-0.2, 0) is 9.59 Å². The van der Waals surface area contributed by atoms with E-state index >= 15 is 0 Å². The first kappa shape index (κ1) is 28.4. The molecule has 0 saturated heterocycles. The van der Waals surface area contributed by atoms with Gasteiger partial charge in [-0.15, -0.1) is 10.2 Å². The maximum absolute atomic E-state index is 13.6. The lowest BCUT2D eigenvalue weighted by Crippen LogP contribution is -2.38. The van der Waals surface area contributed by atoms with Crippen LogP contribution >= 0.6 is 57.9 Å². The van der Waals surface area contributed by atoms with Gasteiger partial charge in [0.05, 0.1) is 44.1 Å². The second-order valence-corrected chi connectivity index (χ2v) is 12.2. The van der Waals surface area contributed by atoms with Crippen LogP contribution in [0.4, 0.5) is 15.2 Å². The molecule has 0 fully saturated rings. The molecule has 8 nitrogen and oxygen atoms in total. The van der Waals surface area contributed by atoms with Crippen LogP contribution in [0, 0.1) is 17.1 Å². The number of anilines is 2. The smallest absolute Gasteiger partial charge is 0.234 e. The fourth-order valence-electron chi connectivity index (χ4n) is 4.58. The first-order chi connectivity index (χ1) is 19.2. The molecule has 40 heavy (non-hydrogen) atoms. The molecule has 5 rings (SSSR count). The van der Waals surface area contributed by atoms with Gasteiger partial charge in [0.15, 0.2) is 10.1 Å². The van der Waals surface area contributed by atoms with E-state index in [4.69, 9.17) is 40.5 Å². The van der Waals surface area contributed by atoms with E-state index in [-0.39, 0.29) is 43.9 Å². The minimum atomic E-state index is -0.705. The molecule has 0 saturated carbocycles. The number of aromatic nitrogens is 2. The molecule has 3 N–H and O–H groups in total. The summed E-state index contributed by atoms with van der Waals surface area (Å²) in [7, 11) is 0. The summed E-state index contributed by atoms with van der Waals surface area (Å²) in [6, 6.07) is 10.8. The Morgan fingerprint density at radius 2 is 1.90 bits per heavy atom. The summed E-state index contributed by atoms with van der Waals surface area (Å²) < 4.78 is 14.1. The Balaban J connectivity index is 1.40. The van der Waals surface area contributed by atoms with Crippen molar-refractivity contribution in [2.24, 2.45) is 5.73 Å². The van der Waals surface area contributed by atoms with E-state index in [9.17, 15) is 19.2 Å². The van der Waals surface area contributed by atoms with Crippen molar-refractivity contribution in [2.75, 3.05) is 16.0 Å². The number of nitriles is 1. The monoisotopic (exact) mass is 634 g/mol. The predicted molar refractivity (Wildman–Crippen MR) is 155 cm³/mol. The molecule has 1 aliphatic heterocycles. The molecule has 2 heterocycles. The zero-order valence-electron chi connectivity index (χ0n) is 20.4. The van der Waals surface area contributed by atoms with E-state index in [1.165, 1.54) is 35.6 Å². The molecule has 3 aromatic rings. The van der Waals surface area contributed by atoms with Gasteiger partial charge in [-0.1, -0.05) is 70.0 Å². The van der Waals surface area contributed by atoms with Gasteiger partial charge in [0.1, 0.15) is 11.6 Å². The summed E-state index contributed by atoms with van der Waals surface area (Å²) >= 11 is 20.4. The Kier molecular flexibility index (Phi) is 8.35. The van der Waals surface area contributed by atoms with Crippen molar-refractivity contribution < 1.29 is 14.0 Å². The average molecular weight is 636 g/mol. The van der Waals surface area contributed by atoms with Crippen molar-refractivity contribution in [3.63, 3.8) is 0 Å². The number of hydrogen-bond acceptors (Lipinski definition) is 9. The summed E-state index contributed by atoms with van der Waals surface area (Å²) in [5.74, 6) is -1.45. The highest BCUT2D eigenvalue weighted by molar-refractivity contribution is 8.01. The minimum Gasteiger partial charge on any atom is -0.384 e. The number of nitrogens with one attached hydrogen (secondary N) is 1. The topological polar surface area (TPSA) is 125 Å². The molecule has 204 valence electrons. The van der Waals surface area contributed by atoms with Gasteiger partial charge < -0.3 is 11.1 Å². The molecular formula is C26H18Cl3FN6O2S2. The van der Waals surface area contributed by atoms with E-state index in [1.807, 2.05) is 0 Å². The molecule has 1 unspecified atom stereocenters. The summed E-state index contributed by atoms with van der Waals surface area (Å²) in [6.45, 7) is 0. The van der Waals surface area contributed by atoms with Gasteiger partial charge in [-0.3, -0.25) is 14.5 Å². The number of amides is 1. The van der Waals surface area contributed by atoms with Crippen LogP contribution in [0.15, 0.2) is 63.4 Å². The van der Waals surface area contributed by atoms with E-state index in [0.29, 0.717) is 51.3 Å². The van der Waals surface area contributed by atoms with Crippen LogP contribution in [0.25, 0.3) is 0 Å². The number of benzene rings is 2. The van der Waals surface area contributed by atoms with Crippen LogP contribution < -0.4 is 16.0 Å². The second-order valence-electron chi connectivity index (χ2n) is 8.80. The van der Waals surface area contributed by atoms with Crippen molar-refractivity contribution in [1.29, 1.82) is 5.26 Å². The molecular weight excluding hydrogens is 618 g/mol. The van der Waals surface area contributed by atoms with Crippen LogP contribution in [-0.4, -0.2) is 27.6 Å². The number of hydrogen-bond donors (Lipinski definition) is 2. The molecule has 1 amide bonds. The van der Waals surface area contributed by atoms with Crippen molar-refractivity contribution in [1.82, 2.24) is 10.2 Å². The van der Waals surface area contributed by atoms with Gasteiger partial charge in [0.2, 0.25) is 11.0 Å². The van der Waals surface area contributed by atoms with Gasteiger partial charge in [-0.05, 0) is 42.7 Å². The van der Waals surface area contributed by atoms with E-state index in [0.717, 1.165) is 11.8 Å². The Morgan fingerprint density at radius 1 is 1.18 bits per heavy atom. The zero-order valence-corrected chi connectivity index (χ0v) is 24.3.